The van der Waals surface area contributed by atoms with E-state index in [2.05, 4.69) is 10.6 Å². The van der Waals surface area contributed by atoms with Gasteiger partial charge in [0.05, 0.1) is 6.61 Å². The van der Waals surface area contributed by atoms with E-state index in [0.29, 0.717) is 18.0 Å². The zero-order valence-corrected chi connectivity index (χ0v) is 13.3. The lowest BCUT2D eigenvalue weighted by Gasteiger charge is -2.08. The first-order valence-electron chi connectivity index (χ1n) is 6.68. The number of hydrogen-bond donors (Lipinski definition) is 2. The van der Waals surface area contributed by atoms with E-state index in [9.17, 15) is 9.00 Å². The third-order valence-corrected chi connectivity index (χ3v) is 3.90. The van der Waals surface area contributed by atoms with Crippen molar-refractivity contribution >= 4 is 28.2 Å². The zero-order valence-electron chi connectivity index (χ0n) is 12.5. The molecule has 5 nitrogen and oxygen atoms in total. The van der Waals surface area contributed by atoms with Gasteiger partial charge in [0.15, 0.2) is 0 Å². The molecule has 22 heavy (non-hydrogen) atoms. The van der Waals surface area contributed by atoms with E-state index in [1.165, 1.54) is 0 Å². The summed E-state index contributed by atoms with van der Waals surface area (Å²) in [7, 11) is 0.614. The van der Waals surface area contributed by atoms with Gasteiger partial charge in [-0.2, -0.15) is 0 Å². The van der Waals surface area contributed by atoms with E-state index in [1.807, 2.05) is 24.3 Å². The summed E-state index contributed by atoms with van der Waals surface area (Å²) in [4.78, 5) is 12.6. The molecule has 0 heterocycles. The van der Waals surface area contributed by atoms with Crippen molar-refractivity contribution in [3.05, 3.63) is 54.1 Å². The second-order valence-corrected chi connectivity index (χ2v) is 6.07. The maximum absolute atomic E-state index is 11.9. The van der Waals surface area contributed by atoms with Gasteiger partial charge in [-0.3, -0.25) is 4.21 Å². The molecule has 2 N–H and O–H groups in total. The Morgan fingerprint density at radius 1 is 1.00 bits per heavy atom. The lowest BCUT2D eigenvalue weighted by molar-refractivity contribution is 0.185. The summed E-state index contributed by atoms with van der Waals surface area (Å²) in [5.74, 6) is 0. The van der Waals surface area contributed by atoms with Crippen molar-refractivity contribution in [2.45, 2.75) is 11.5 Å². The zero-order chi connectivity index (χ0) is 15.9. The Balaban J connectivity index is 1.93. The van der Waals surface area contributed by atoms with Gasteiger partial charge in [0, 0.05) is 40.4 Å². The molecule has 116 valence electrons. The molecule has 0 fully saturated rings. The van der Waals surface area contributed by atoms with Crippen molar-refractivity contribution in [3.8, 4) is 0 Å². The molecule has 0 saturated heterocycles. The van der Waals surface area contributed by atoms with Gasteiger partial charge in [0.1, 0.15) is 0 Å². The lowest BCUT2D eigenvalue weighted by Crippen LogP contribution is -2.19. The minimum atomic E-state index is -1.02. The monoisotopic (exact) mass is 318 g/mol. The maximum atomic E-state index is 11.9. The van der Waals surface area contributed by atoms with Crippen LogP contribution in [0.25, 0.3) is 0 Å². The van der Waals surface area contributed by atoms with E-state index in [0.717, 1.165) is 10.5 Å². The average molecular weight is 318 g/mol. The number of carbonyl (C=O) groups is 1. The van der Waals surface area contributed by atoms with Gasteiger partial charge < -0.3 is 15.4 Å². The van der Waals surface area contributed by atoms with Crippen molar-refractivity contribution in [3.63, 3.8) is 0 Å². The molecule has 0 bridgehead atoms. The molecule has 0 aromatic heterocycles. The Bertz CT molecular complexity index is 654. The second kappa shape index (κ2) is 7.72. The van der Waals surface area contributed by atoms with Crippen LogP contribution < -0.4 is 10.6 Å². The topological polar surface area (TPSA) is 67.4 Å². The molecule has 1 atom stereocenters. The van der Waals surface area contributed by atoms with Crippen LogP contribution in [0.2, 0.25) is 0 Å². The SMILES string of the molecule is COCc1ccc(NC(=O)Nc2ccc(S(C)=O)cc2)cc1. The highest BCUT2D eigenvalue weighted by molar-refractivity contribution is 7.84. The number of methoxy groups -OCH3 is 1. The lowest BCUT2D eigenvalue weighted by atomic mass is 10.2. The molecule has 0 saturated carbocycles. The summed E-state index contributed by atoms with van der Waals surface area (Å²) < 4.78 is 16.3. The number of benzene rings is 2. The Hall–Kier alpha value is -2.18. The fourth-order valence-electron chi connectivity index (χ4n) is 1.87. The van der Waals surface area contributed by atoms with Crippen LogP contribution in [0.1, 0.15) is 5.56 Å². The second-order valence-electron chi connectivity index (χ2n) is 4.69. The van der Waals surface area contributed by atoms with Crippen molar-refractivity contribution in [2.75, 3.05) is 24.0 Å². The Labute approximate surface area is 132 Å². The van der Waals surface area contributed by atoms with Crippen molar-refractivity contribution in [1.82, 2.24) is 0 Å². The normalized spacial score (nSPS) is 11.7. The fourth-order valence-corrected chi connectivity index (χ4v) is 2.39. The standard InChI is InChI=1S/C16H18N2O3S/c1-21-11-12-3-5-13(6-4-12)17-16(19)18-14-7-9-15(10-8-14)22(2)20/h3-10H,11H2,1-2H3,(H2,17,18,19). The largest absolute Gasteiger partial charge is 0.380 e. The number of nitrogens with one attached hydrogen (secondary N) is 2. The summed E-state index contributed by atoms with van der Waals surface area (Å²) in [5.41, 5.74) is 2.38. The maximum Gasteiger partial charge on any atom is 0.323 e. The van der Waals surface area contributed by atoms with Gasteiger partial charge in [0.25, 0.3) is 0 Å². The number of hydrogen-bond acceptors (Lipinski definition) is 3. The smallest absolute Gasteiger partial charge is 0.323 e. The number of ether oxygens (including phenoxy) is 1. The summed E-state index contributed by atoms with van der Waals surface area (Å²) in [6, 6.07) is 14.0. The number of rotatable bonds is 5. The summed E-state index contributed by atoms with van der Waals surface area (Å²) >= 11 is 0. The highest BCUT2D eigenvalue weighted by atomic mass is 32.2. The van der Waals surface area contributed by atoms with Gasteiger partial charge in [-0.25, -0.2) is 4.79 Å². The van der Waals surface area contributed by atoms with Crippen LogP contribution in [-0.4, -0.2) is 23.6 Å². The quantitative estimate of drug-likeness (QED) is 0.889. The first-order valence-corrected chi connectivity index (χ1v) is 8.23. The van der Waals surface area contributed by atoms with Crippen LogP contribution in [0, 0.1) is 0 Å². The van der Waals surface area contributed by atoms with E-state index in [4.69, 9.17) is 4.74 Å². The van der Waals surface area contributed by atoms with Crippen molar-refractivity contribution in [1.29, 1.82) is 0 Å². The minimum absolute atomic E-state index is 0.329. The molecule has 0 aliphatic rings. The molecule has 0 radical (unpaired) electrons. The third-order valence-electron chi connectivity index (χ3n) is 2.97. The Morgan fingerprint density at radius 2 is 1.50 bits per heavy atom. The number of anilines is 2. The number of carbonyl (C=O) groups excluding carboxylic acids is 1. The van der Waals surface area contributed by atoms with Crippen LogP contribution >= 0.6 is 0 Å². The molecular weight excluding hydrogens is 300 g/mol. The highest BCUT2D eigenvalue weighted by Gasteiger charge is 2.04. The predicted molar refractivity (Wildman–Crippen MR) is 88.6 cm³/mol. The molecule has 0 aliphatic heterocycles. The van der Waals surface area contributed by atoms with Gasteiger partial charge in [-0.15, -0.1) is 0 Å². The van der Waals surface area contributed by atoms with E-state index < -0.39 is 10.8 Å². The predicted octanol–water partition coefficient (Wildman–Crippen LogP) is 3.21. The van der Waals surface area contributed by atoms with Crippen molar-refractivity contribution < 1.29 is 13.7 Å². The van der Waals surface area contributed by atoms with Crippen LogP contribution in [0.3, 0.4) is 0 Å². The van der Waals surface area contributed by atoms with Gasteiger partial charge in [0.2, 0.25) is 0 Å². The molecule has 2 rings (SSSR count). The number of urea groups is 1. The molecule has 6 heteroatoms. The molecule has 2 amide bonds. The van der Waals surface area contributed by atoms with Crippen LogP contribution in [0.5, 0.6) is 0 Å². The molecule has 1 unspecified atom stereocenters. The van der Waals surface area contributed by atoms with Crippen molar-refractivity contribution in [2.24, 2.45) is 0 Å². The van der Waals surface area contributed by atoms with Crippen LogP contribution in [0.15, 0.2) is 53.4 Å². The average Bonchev–Trinajstić information content (AvgIpc) is 2.50. The summed E-state index contributed by atoms with van der Waals surface area (Å²) in [6.45, 7) is 0.539. The molecular formula is C16H18N2O3S. The Morgan fingerprint density at radius 3 is 1.95 bits per heavy atom. The molecule has 0 spiro atoms. The third kappa shape index (κ3) is 4.68. The first kappa shape index (κ1) is 16.2. The minimum Gasteiger partial charge on any atom is -0.380 e. The summed E-state index contributed by atoms with van der Waals surface area (Å²) in [5, 5.41) is 5.47. The van der Waals surface area contributed by atoms with E-state index >= 15 is 0 Å². The van der Waals surface area contributed by atoms with Gasteiger partial charge in [-0.05, 0) is 42.0 Å². The summed E-state index contributed by atoms with van der Waals surface area (Å²) in [6.07, 6.45) is 1.61. The van der Waals surface area contributed by atoms with Gasteiger partial charge in [-0.1, -0.05) is 12.1 Å². The first-order chi connectivity index (χ1) is 10.6. The Kier molecular flexibility index (Phi) is 5.68. The number of amides is 2. The molecule has 0 aliphatic carbocycles. The fraction of sp³-hybridized carbons (Fsp3) is 0.188. The van der Waals surface area contributed by atoms with E-state index in [1.54, 1.807) is 37.6 Å². The van der Waals surface area contributed by atoms with Crippen LogP contribution in [-0.2, 0) is 22.1 Å². The highest BCUT2D eigenvalue weighted by Crippen LogP contribution is 2.14. The molecule has 2 aromatic rings. The van der Waals surface area contributed by atoms with E-state index in [-0.39, 0.29) is 6.03 Å². The molecule has 2 aromatic carbocycles. The van der Waals surface area contributed by atoms with Crippen LogP contribution in [0.4, 0.5) is 16.2 Å². The van der Waals surface area contributed by atoms with Gasteiger partial charge >= 0.3 is 6.03 Å².